The third kappa shape index (κ3) is 3.75. The maximum atomic E-state index is 12.8. The molecule has 3 aromatic rings. The van der Waals surface area contributed by atoms with Gasteiger partial charge in [0.05, 0.1) is 17.6 Å². The van der Waals surface area contributed by atoms with Crippen LogP contribution in [0.5, 0.6) is 0 Å². The first-order valence-corrected chi connectivity index (χ1v) is 10.3. The van der Waals surface area contributed by atoms with Crippen molar-refractivity contribution >= 4 is 35.0 Å². The summed E-state index contributed by atoms with van der Waals surface area (Å²) < 4.78 is 2.02. The Bertz CT molecular complexity index is 968. The molecule has 0 aliphatic carbocycles. The van der Waals surface area contributed by atoms with Crippen LogP contribution in [0.4, 0.5) is 5.69 Å². The minimum absolute atomic E-state index is 0.128. The summed E-state index contributed by atoms with van der Waals surface area (Å²) in [5.41, 5.74) is 4.36. The lowest BCUT2D eigenvalue weighted by Gasteiger charge is -2.29. The van der Waals surface area contributed by atoms with Crippen molar-refractivity contribution in [1.82, 2.24) is 9.55 Å². The van der Waals surface area contributed by atoms with Gasteiger partial charge in [0.2, 0.25) is 5.91 Å². The van der Waals surface area contributed by atoms with E-state index in [1.165, 1.54) is 17.3 Å². The Balaban J connectivity index is 1.47. The number of para-hydroxylation sites is 1. The van der Waals surface area contributed by atoms with Crippen molar-refractivity contribution in [3.63, 3.8) is 0 Å². The Morgan fingerprint density at radius 2 is 1.96 bits per heavy atom. The van der Waals surface area contributed by atoms with Gasteiger partial charge in [-0.25, -0.2) is 4.98 Å². The molecule has 4 rings (SSSR count). The van der Waals surface area contributed by atoms with Gasteiger partial charge in [-0.1, -0.05) is 53.7 Å². The van der Waals surface area contributed by atoms with Crippen molar-refractivity contribution in [2.24, 2.45) is 7.05 Å². The van der Waals surface area contributed by atoms with E-state index in [2.05, 4.69) is 11.1 Å². The van der Waals surface area contributed by atoms with Gasteiger partial charge in [0.15, 0.2) is 5.16 Å². The number of carbonyl (C=O) groups excluding carboxylic acids is 1. The Kier molecular flexibility index (Phi) is 5.23. The van der Waals surface area contributed by atoms with E-state index in [9.17, 15) is 4.79 Å². The van der Waals surface area contributed by atoms with Crippen molar-refractivity contribution in [1.29, 1.82) is 0 Å². The van der Waals surface area contributed by atoms with Gasteiger partial charge < -0.3 is 9.47 Å². The molecular formula is C21H20ClN3OS. The van der Waals surface area contributed by atoms with Crippen LogP contribution in [0, 0.1) is 0 Å². The van der Waals surface area contributed by atoms with E-state index >= 15 is 0 Å². The lowest BCUT2D eigenvalue weighted by Crippen LogP contribution is -2.36. The van der Waals surface area contributed by atoms with Crippen LogP contribution in [0.15, 0.2) is 59.9 Å². The summed E-state index contributed by atoms with van der Waals surface area (Å²) in [4.78, 5) is 19.2. The lowest BCUT2D eigenvalue weighted by atomic mass is 10.0. The highest BCUT2D eigenvalue weighted by Gasteiger charge is 2.22. The maximum absolute atomic E-state index is 12.8. The number of hydrogen-bond acceptors (Lipinski definition) is 3. The molecule has 1 amide bonds. The van der Waals surface area contributed by atoms with Crippen LogP contribution in [-0.2, 0) is 18.3 Å². The number of benzene rings is 2. The van der Waals surface area contributed by atoms with Crippen LogP contribution >= 0.6 is 23.4 Å². The molecule has 6 heteroatoms. The van der Waals surface area contributed by atoms with Gasteiger partial charge in [0, 0.05) is 24.3 Å². The Labute approximate surface area is 168 Å². The molecule has 0 radical (unpaired) electrons. The van der Waals surface area contributed by atoms with E-state index in [1.807, 2.05) is 65.2 Å². The normalized spacial score (nSPS) is 13.5. The molecular weight excluding hydrogens is 378 g/mol. The van der Waals surface area contributed by atoms with Crippen LogP contribution < -0.4 is 4.90 Å². The summed E-state index contributed by atoms with van der Waals surface area (Å²) in [5, 5.41) is 1.54. The van der Waals surface area contributed by atoms with Crippen LogP contribution in [0.1, 0.15) is 12.0 Å². The second-order valence-electron chi connectivity index (χ2n) is 6.56. The lowest BCUT2D eigenvalue weighted by molar-refractivity contribution is -0.116. The third-order valence-electron chi connectivity index (χ3n) is 4.82. The van der Waals surface area contributed by atoms with Crippen LogP contribution in [0.25, 0.3) is 11.3 Å². The van der Waals surface area contributed by atoms with Gasteiger partial charge in [-0.05, 0) is 42.2 Å². The number of imidazole rings is 1. The summed E-state index contributed by atoms with van der Waals surface area (Å²) in [6, 6.07) is 15.9. The molecule has 0 bridgehead atoms. The second-order valence-corrected chi connectivity index (χ2v) is 7.94. The van der Waals surface area contributed by atoms with Crippen molar-refractivity contribution in [3.05, 3.63) is 65.3 Å². The molecule has 4 nitrogen and oxygen atoms in total. The number of carbonyl (C=O) groups is 1. The topological polar surface area (TPSA) is 38.1 Å². The van der Waals surface area contributed by atoms with Crippen molar-refractivity contribution in [2.75, 3.05) is 17.2 Å². The summed E-state index contributed by atoms with van der Waals surface area (Å²) in [6.45, 7) is 0.785. The fourth-order valence-electron chi connectivity index (χ4n) is 3.41. The maximum Gasteiger partial charge on any atom is 0.237 e. The SMILES string of the molecule is Cn1c(-c2ccc(Cl)cc2)cnc1SCC(=O)N1CCCc2ccccc21. The van der Waals surface area contributed by atoms with Gasteiger partial charge in [0.25, 0.3) is 0 Å². The quantitative estimate of drug-likeness (QED) is 0.593. The third-order valence-corrected chi connectivity index (χ3v) is 6.10. The zero-order chi connectivity index (χ0) is 18.8. The first-order chi connectivity index (χ1) is 13.1. The molecule has 1 aromatic heterocycles. The highest BCUT2D eigenvalue weighted by atomic mass is 35.5. The monoisotopic (exact) mass is 397 g/mol. The highest BCUT2D eigenvalue weighted by molar-refractivity contribution is 7.99. The van der Waals surface area contributed by atoms with Crippen molar-refractivity contribution in [2.45, 2.75) is 18.0 Å². The Hall–Kier alpha value is -2.24. The molecule has 2 heterocycles. The summed E-state index contributed by atoms with van der Waals surface area (Å²) in [7, 11) is 1.97. The number of thioether (sulfide) groups is 1. The predicted molar refractivity (Wildman–Crippen MR) is 111 cm³/mol. The molecule has 1 aliphatic heterocycles. The number of aryl methyl sites for hydroxylation is 1. The molecule has 2 aromatic carbocycles. The van der Waals surface area contributed by atoms with Crippen molar-refractivity contribution in [3.8, 4) is 11.3 Å². The minimum Gasteiger partial charge on any atom is -0.322 e. The number of anilines is 1. The van der Waals surface area contributed by atoms with Crippen LogP contribution in [0.3, 0.4) is 0 Å². The smallest absolute Gasteiger partial charge is 0.237 e. The number of halogens is 1. The fraction of sp³-hybridized carbons (Fsp3) is 0.238. The molecule has 0 unspecified atom stereocenters. The number of aromatic nitrogens is 2. The zero-order valence-corrected chi connectivity index (χ0v) is 16.6. The van der Waals surface area contributed by atoms with Gasteiger partial charge in [0.1, 0.15) is 0 Å². The van der Waals surface area contributed by atoms with E-state index in [4.69, 9.17) is 11.6 Å². The predicted octanol–water partition coefficient (Wildman–Crippen LogP) is 4.81. The molecule has 0 fully saturated rings. The molecule has 138 valence electrons. The summed E-state index contributed by atoms with van der Waals surface area (Å²) in [5.74, 6) is 0.502. The van der Waals surface area contributed by atoms with Crippen molar-refractivity contribution < 1.29 is 4.79 Å². The fourth-order valence-corrected chi connectivity index (χ4v) is 4.37. The van der Waals surface area contributed by atoms with E-state index in [0.29, 0.717) is 10.8 Å². The number of nitrogens with zero attached hydrogens (tertiary/aromatic N) is 3. The molecule has 27 heavy (non-hydrogen) atoms. The van der Waals surface area contributed by atoms with E-state index in [-0.39, 0.29) is 5.91 Å². The Morgan fingerprint density at radius 3 is 2.78 bits per heavy atom. The second kappa shape index (κ2) is 7.79. The highest BCUT2D eigenvalue weighted by Crippen LogP contribution is 2.29. The first kappa shape index (κ1) is 18.1. The largest absolute Gasteiger partial charge is 0.322 e. The van der Waals surface area contributed by atoms with Gasteiger partial charge in [-0.15, -0.1) is 0 Å². The van der Waals surface area contributed by atoms with E-state index in [1.54, 1.807) is 0 Å². The van der Waals surface area contributed by atoms with Gasteiger partial charge in [-0.2, -0.15) is 0 Å². The minimum atomic E-state index is 0.128. The molecule has 0 spiro atoms. The molecule has 0 saturated carbocycles. The van der Waals surface area contributed by atoms with Crippen LogP contribution in [-0.4, -0.2) is 27.8 Å². The van der Waals surface area contributed by atoms with Gasteiger partial charge >= 0.3 is 0 Å². The summed E-state index contributed by atoms with van der Waals surface area (Å²) in [6.07, 6.45) is 3.89. The Morgan fingerprint density at radius 1 is 1.19 bits per heavy atom. The summed E-state index contributed by atoms with van der Waals surface area (Å²) >= 11 is 7.45. The van der Waals surface area contributed by atoms with Gasteiger partial charge in [-0.3, -0.25) is 4.79 Å². The zero-order valence-electron chi connectivity index (χ0n) is 15.1. The average Bonchev–Trinajstić information content (AvgIpc) is 3.07. The standard InChI is InChI=1S/C21H20ClN3OS/c1-24-19(16-8-10-17(22)11-9-16)13-23-21(24)27-14-20(26)25-12-4-6-15-5-2-3-7-18(15)25/h2-3,5,7-11,13H,4,6,12,14H2,1H3. The number of rotatable bonds is 4. The molecule has 0 atom stereocenters. The molecule has 0 N–H and O–H groups in total. The number of hydrogen-bond donors (Lipinski definition) is 0. The molecule has 1 aliphatic rings. The number of fused-ring (bicyclic) bond motifs is 1. The molecule has 0 saturated heterocycles. The van der Waals surface area contributed by atoms with E-state index < -0.39 is 0 Å². The van der Waals surface area contributed by atoms with E-state index in [0.717, 1.165) is 41.5 Å². The first-order valence-electron chi connectivity index (χ1n) is 8.92. The average molecular weight is 398 g/mol. The number of amides is 1. The van der Waals surface area contributed by atoms with Crippen LogP contribution in [0.2, 0.25) is 5.02 Å².